The number of carbonyl (C=O) groups excluding carboxylic acids is 1. The van der Waals surface area contributed by atoms with Gasteiger partial charge in [-0.25, -0.2) is 8.78 Å². The van der Waals surface area contributed by atoms with Gasteiger partial charge in [0, 0.05) is 29.1 Å². The molecule has 0 radical (unpaired) electrons. The zero-order chi connectivity index (χ0) is 31.2. The van der Waals surface area contributed by atoms with Gasteiger partial charge in [-0.3, -0.25) is 9.97 Å². The predicted octanol–water partition coefficient (Wildman–Crippen LogP) is 7.94. The first kappa shape index (κ1) is 29.6. The van der Waals surface area contributed by atoms with Crippen LogP contribution in [-0.2, 0) is 9.53 Å². The molecule has 4 aromatic rings. The van der Waals surface area contributed by atoms with E-state index in [1.807, 2.05) is 19.3 Å². The molecule has 5 unspecified atom stereocenters. The number of rotatable bonds is 8. The molecule has 4 fully saturated rings. The molecule has 0 N–H and O–H groups in total. The smallest absolute Gasteiger partial charge is 0.130 e. The Bertz CT molecular complexity index is 1740. The lowest BCUT2D eigenvalue weighted by Gasteiger charge is -2.18. The first-order valence-electron chi connectivity index (χ1n) is 15.9. The van der Waals surface area contributed by atoms with E-state index in [0.29, 0.717) is 41.3 Å². The average molecular weight is 613 g/mol. The lowest BCUT2D eigenvalue weighted by molar-refractivity contribution is -0.111. The number of hydrogen-bond donors (Lipinski definition) is 0. The van der Waals surface area contributed by atoms with Crippen LogP contribution in [0, 0.1) is 53.1 Å². The Morgan fingerprint density at radius 3 is 1.76 bits per heavy atom. The molecule has 6 nitrogen and oxygen atoms in total. The molecule has 2 heterocycles. The molecule has 9 atom stereocenters. The molecular weight excluding hydrogens is 574 g/mol. The van der Waals surface area contributed by atoms with Crippen LogP contribution in [-0.4, -0.2) is 35.6 Å². The number of allylic oxidation sites excluding steroid dienone is 1. The topological polar surface area (TPSA) is 70.5 Å². The lowest BCUT2D eigenvalue weighted by atomic mass is 9.99. The van der Waals surface area contributed by atoms with E-state index in [1.54, 1.807) is 37.7 Å². The molecule has 234 valence electrons. The van der Waals surface area contributed by atoms with E-state index in [2.05, 4.69) is 16.9 Å². The normalized spacial score (nSPS) is 30.1. The van der Waals surface area contributed by atoms with E-state index in [4.69, 9.17) is 14.2 Å². The second kappa shape index (κ2) is 12.0. The third-order valence-corrected chi connectivity index (χ3v) is 10.4. The molecule has 45 heavy (non-hydrogen) atoms. The van der Waals surface area contributed by atoms with Crippen molar-refractivity contribution in [2.45, 2.75) is 51.7 Å². The Balaban J connectivity index is 0.000000145. The van der Waals surface area contributed by atoms with Crippen molar-refractivity contribution in [2.24, 2.45) is 41.4 Å². The molecule has 0 spiro atoms. The number of methoxy groups -OCH3 is 1. The summed E-state index contributed by atoms with van der Waals surface area (Å²) in [6.45, 7) is 4.15. The van der Waals surface area contributed by atoms with Crippen LogP contribution in [0.4, 0.5) is 8.78 Å². The van der Waals surface area contributed by atoms with Gasteiger partial charge in [-0.1, -0.05) is 6.92 Å². The summed E-state index contributed by atoms with van der Waals surface area (Å²) in [5.41, 5.74) is 2.84. The maximum atomic E-state index is 13.5. The average Bonchev–Trinajstić information content (AvgIpc) is 3.77. The van der Waals surface area contributed by atoms with Crippen LogP contribution < -0.4 is 9.47 Å². The van der Waals surface area contributed by atoms with Crippen molar-refractivity contribution < 1.29 is 27.8 Å². The van der Waals surface area contributed by atoms with Crippen LogP contribution in [0.5, 0.6) is 11.5 Å². The molecule has 2 aromatic carbocycles. The fourth-order valence-corrected chi connectivity index (χ4v) is 8.39. The molecule has 0 amide bonds. The maximum Gasteiger partial charge on any atom is 0.130 e. The summed E-state index contributed by atoms with van der Waals surface area (Å²) in [4.78, 5) is 19.4. The van der Waals surface area contributed by atoms with Crippen molar-refractivity contribution in [2.75, 3.05) is 7.11 Å². The maximum absolute atomic E-state index is 13.5. The standard InChI is InChI=1S/C19H20FNO2.C18H18FNO2/c1-11(10-22-2)19-14-8-13(9-15(14)19)23-18-5-6-21-17-4-3-12(20)7-16(17)18;1-10(9-21)18-13-7-12(8-14(13)18)22-17-4-5-20-16-3-2-11(19)6-15(16)17/h3-7,10,13-15,19H,8-9H2,1-2H3;2-6,9-10,12-14,18H,7-8H2,1H3/b11-10-;/t13?,14-,15+,19?;10?,12?,13-,14+,18?. The van der Waals surface area contributed by atoms with Crippen molar-refractivity contribution >= 4 is 28.1 Å². The fraction of sp³-hybridized carbons (Fsp3) is 0.432. The van der Waals surface area contributed by atoms with Gasteiger partial charge in [0.2, 0.25) is 0 Å². The van der Waals surface area contributed by atoms with Gasteiger partial charge in [-0.15, -0.1) is 0 Å². The van der Waals surface area contributed by atoms with Gasteiger partial charge >= 0.3 is 0 Å². The molecule has 0 aliphatic heterocycles. The van der Waals surface area contributed by atoms with Crippen molar-refractivity contribution in [1.29, 1.82) is 0 Å². The molecule has 4 saturated carbocycles. The van der Waals surface area contributed by atoms with Crippen LogP contribution in [0.15, 0.2) is 72.8 Å². The van der Waals surface area contributed by atoms with Gasteiger partial charge in [0.1, 0.15) is 29.4 Å². The first-order valence-corrected chi connectivity index (χ1v) is 15.9. The third-order valence-electron chi connectivity index (χ3n) is 10.4. The van der Waals surface area contributed by atoms with E-state index in [9.17, 15) is 13.6 Å². The second-order valence-electron chi connectivity index (χ2n) is 13.2. The summed E-state index contributed by atoms with van der Waals surface area (Å²) in [7, 11) is 1.70. The number of fused-ring (bicyclic) bond motifs is 4. The number of ether oxygens (including phenoxy) is 3. The SMILES string of the molecule is CC(C=O)C1[C@H]2CC(Oc3ccnc4ccc(F)cc34)C[C@@H]12.CO/C=C(/C)C1[C@H]2CC(Oc3ccnc4ccc(F)cc34)C[C@@H]12. The monoisotopic (exact) mass is 612 g/mol. The van der Waals surface area contributed by atoms with E-state index >= 15 is 0 Å². The molecular formula is C37H38F2N2O4. The van der Waals surface area contributed by atoms with Crippen molar-refractivity contribution in [3.8, 4) is 11.5 Å². The number of hydrogen-bond acceptors (Lipinski definition) is 6. The summed E-state index contributed by atoms with van der Waals surface area (Å²) >= 11 is 0. The van der Waals surface area contributed by atoms with Gasteiger partial charge in [0.05, 0.1) is 36.6 Å². The van der Waals surface area contributed by atoms with Gasteiger partial charge in [0.15, 0.2) is 0 Å². The number of aromatic nitrogens is 2. The Hall–Kier alpha value is -4.07. The second-order valence-corrected chi connectivity index (χ2v) is 13.2. The quantitative estimate of drug-likeness (QED) is 0.149. The molecule has 0 saturated heterocycles. The molecule has 4 aliphatic carbocycles. The molecule has 8 rings (SSSR count). The van der Waals surface area contributed by atoms with Crippen molar-refractivity contribution in [3.05, 3.63) is 84.4 Å². The summed E-state index contributed by atoms with van der Waals surface area (Å²) in [5, 5.41) is 1.47. The minimum Gasteiger partial charge on any atom is -0.504 e. The van der Waals surface area contributed by atoms with Gasteiger partial charge < -0.3 is 19.0 Å². The Labute approximate surface area is 261 Å². The third kappa shape index (κ3) is 5.87. The van der Waals surface area contributed by atoms with Gasteiger partial charge in [-0.2, -0.15) is 0 Å². The zero-order valence-electron chi connectivity index (χ0n) is 25.7. The van der Waals surface area contributed by atoms with Crippen LogP contribution >= 0.6 is 0 Å². The van der Waals surface area contributed by atoms with Crippen LogP contribution in [0.25, 0.3) is 21.8 Å². The predicted molar refractivity (Wildman–Crippen MR) is 168 cm³/mol. The number of nitrogens with zero attached hydrogens (tertiary/aromatic N) is 2. The highest BCUT2D eigenvalue weighted by atomic mass is 19.1. The minimum absolute atomic E-state index is 0.159. The molecule has 4 aliphatic rings. The number of aldehydes is 1. The van der Waals surface area contributed by atoms with E-state index in [0.717, 1.165) is 59.5 Å². The van der Waals surface area contributed by atoms with Crippen LogP contribution in [0.3, 0.4) is 0 Å². The summed E-state index contributed by atoms with van der Waals surface area (Å²) < 4.78 is 44.4. The van der Waals surface area contributed by atoms with E-state index < -0.39 is 0 Å². The number of halogens is 2. The molecule has 8 heteroatoms. The number of pyridine rings is 2. The van der Waals surface area contributed by atoms with E-state index in [-0.39, 0.29) is 29.8 Å². The molecule has 2 aromatic heterocycles. The fourth-order valence-electron chi connectivity index (χ4n) is 8.39. The minimum atomic E-state index is -0.278. The molecule has 0 bridgehead atoms. The largest absolute Gasteiger partial charge is 0.504 e. The van der Waals surface area contributed by atoms with Crippen LogP contribution in [0.2, 0.25) is 0 Å². The summed E-state index contributed by atoms with van der Waals surface area (Å²) in [5.74, 6) is 4.91. The van der Waals surface area contributed by atoms with Gasteiger partial charge in [0.25, 0.3) is 0 Å². The Morgan fingerprint density at radius 2 is 1.29 bits per heavy atom. The first-order chi connectivity index (χ1) is 21.8. The zero-order valence-corrected chi connectivity index (χ0v) is 25.7. The Morgan fingerprint density at radius 1 is 0.800 bits per heavy atom. The highest BCUT2D eigenvalue weighted by Crippen LogP contribution is 2.62. The van der Waals surface area contributed by atoms with Crippen molar-refractivity contribution in [1.82, 2.24) is 9.97 Å². The highest BCUT2D eigenvalue weighted by Gasteiger charge is 2.59. The summed E-state index contributed by atoms with van der Waals surface area (Å²) in [6, 6.07) is 12.8. The number of benzene rings is 2. The Kier molecular flexibility index (Phi) is 7.92. The van der Waals surface area contributed by atoms with Crippen LogP contribution in [0.1, 0.15) is 39.5 Å². The van der Waals surface area contributed by atoms with E-state index in [1.165, 1.54) is 29.8 Å². The number of carbonyl (C=O) groups is 1. The highest BCUT2D eigenvalue weighted by molar-refractivity contribution is 5.85. The van der Waals surface area contributed by atoms with Crippen molar-refractivity contribution in [3.63, 3.8) is 0 Å². The lowest BCUT2D eigenvalue weighted by Crippen LogP contribution is -2.18. The van der Waals surface area contributed by atoms with Gasteiger partial charge in [-0.05, 0) is 122 Å². The summed E-state index contributed by atoms with van der Waals surface area (Å²) in [6.07, 6.45) is 10.8.